The summed E-state index contributed by atoms with van der Waals surface area (Å²) in [5, 5.41) is 3.50. The first-order valence-corrected chi connectivity index (χ1v) is 4.40. The third-order valence-electron chi connectivity index (χ3n) is 1.09. The highest BCUT2D eigenvalue weighted by Crippen LogP contribution is 2.08. The summed E-state index contributed by atoms with van der Waals surface area (Å²) in [7, 11) is 1.31. The van der Waals surface area contributed by atoms with Gasteiger partial charge in [-0.1, -0.05) is 27.7 Å². The number of esters is 1. The first kappa shape index (κ1) is 8.51. The second kappa shape index (κ2) is 3.70. The fourth-order valence-electron chi connectivity index (χ4n) is 0.577. The molecule has 0 saturated heterocycles. The van der Waals surface area contributed by atoms with Crippen LogP contribution in [-0.2, 0) is 9.16 Å². The minimum absolute atomic E-state index is 0.221. The highest BCUT2D eigenvalue weighted by Gasteiger charge is 2.10. The first-order valence-electron chi connectivity index (χ1n) is 2.87. The van der Waals surface area contributed by atoms with E-state index in [4.69, 9.17) is 4.52 Å². The van der Waals surface area contributed by atoms with Gasteiger partial charge in [-0.2, -0.15) is 0 Å². The van der Waals surface area contributed by atoms with E-state index in [1.807, 2.05) is 0 Å². The van der Waals surface area contributed by atoms with E-state index in [-0.39, 0.29) is 5.69 Å². The van der Waals surface area contributed by atoms with Crippen molar-refractivity contribution >= 4 is 28.6 Å². The molecule has 0 aromatic carbocycles. The summed E-state index contributed by atoms with van der Waals surface area (Å²) < 4.78 is 9.90. The molecule has 5 heteroatoms. The Balaban J connectivity index is 2.80. The Bertz CT molecular complexity index is 258. The summed E-state index contributed by atoms with van der Waals surface area (Å²) in [6.45, 7) is 0. The van der Waals surface area contributed by atoms with Crippen LogP contribution in [0.25, 0.3) is 0 Å². The zero-order valence-electron chi connectivity index (χ0n) is 5.83. The Morgan fingerprint density at radius 2 is 2.64 bits per heavy atom. The summed E-state index contributed by atoms with van der Waals surface area (Å²) in [5.41, 5.74) is 0.221. The van der Waals surface area contributed by atoms with Crippen LogP contribution in [0.15, 0.2) is 10.6 Å². The first-order chi connectivity index (χ1) is 5.27. The predicted molar refractivity (Wildman–Crippen MR) is 45.6 cm³/mol. The fraction of sp³-hybridized carbons (Fsp3) is 0.333. The number of ether oxygens (including phenoxy) is 1. The van der Waals surface area contributed by atoms with Crippen LogP contribution < -0.4 is 0 Å². The number of hydrogen-bond acceptors (Lipinski definition) is 4. The van der Waals surface area contributed by atoms with Crippen molar-refractivity contribution in [3.8, 4) is 0 Å². The Morgan fingerprint density at radius 3 is 3.09 bits per heavy atom. The number of nitrogens with zero attached hydrogens (tertiary/aromatic N) is 1. The number of methoxy groups -OCH3 is 1. The molecule has 1 aromatic heterocycles. The smallest absolute Gasteiger partial charge is 0.360 e. The molecule has 60 valence electrons. The van der Waals surface area contributed by atoms with Gasteiger partial charge in [0.15, 0.2) is 5.69 Å². The van der Waals surface area contributed by atoms with Crippen molar-refractivity contribution in [2.24, 2.45) is 0 Å². The maximum atomic E-state index is 10.8. The lowest BCUT2D eigenvalue weighted by molar-refractivity contribution is 0.0589. The average molecular weight is 267 g/mol. The van der Waals surface area contributed by atoms with Crippen molar-refractivity contribution in [1.29, 1.82) is 0 Å². The molecule has 0 N–H and O–H groups in total. The molecule has 0 aliphatic carbocycles. The molecule has 0 saturated carbocycles. The molecule has 11 heavy (non-hydrogen) atoms. The highest BCUT2D eigenvalue weighted by atomic mass is 127. The van der Waals surface area contributed by atoms with Crippen LogP contribution in [0.1, 0.15) is 16.2 Å². The molecule has 0 atom stereocenters. The van der Waals surface area contributed by atoms with Crippen LogP contribution in [0.5, 0.6) is 0 Å². The van der Waals surface area contributed by atoms with Gasteiger partial charge in [-0.3, -0.25) is 0 Å². The lowest BCUT2D eigenvalue weighted by Crippen LogP contribution is -2.00. The molecular weight excluding hydrogens is 261 g/mol. The monoisotopic (exact) mass is 267 g/mol. The molecular formula is C6H6INO3. The predicted octanol–water partition coefficient (Wildman–Crippen LogP) is 1.40. The summed E-state index contributed by atoms with van der Waals surface area (Å²) in [6, 6.07) is 1.57. The molecule has 1 aromatic rings. The third kappa shape index (κ3) is 1.92. The maximum Gasteiger partial charge on any atom is 0.360 e. The molecule has 0 aliphatic heterocycles. The van der Waals surface area contributed by atoms with Gasteiger partial charge in [0.05, 0.1) is 11.5 Å². The van der Waals surface area contributed by atoms with Crippen molar-refractivity contribution in [2.45, 2.75) is 4.43 Å². The van der Waals surface area contributed by atoms with E-state index >= 15 is 0 Å². The number of carbonyl (C=O) groups excluding carboxylic acids is 1. The van der Waals surface area contributed by atoms with E-state index in [1.54, 1.807) is 6.07 Å². The fourth-order valence-corrected chi connectivity index (χ4v) is 0.936. The van der Waals surface area contributed by atoms with E-state index < -0.39 is 5.97 Å². The van der Waals surface area contributed by atoms with Crippen molar-refractivity contribution in [3.63, 3.8) is 0 Å². The van der Waals surface area contributed by atoms with Crippen LogP contribution in [0.4, 0.5) is 0 Å². The van der Waals surface area contributed by atoms with Crippen LogP contribution >= 0.6 is 22.6 Å². The molecule has 0 spiro atoms. The second-order valence-corrected chi connectivity index (χ2v) is 2.57. The number of hydrogen-bond donors (Lipinski definition) is 0. The lowest BCUT2D eigenvalue weighted by atomic mass is 10.4. The van der Waals surface area contributed by atoms with E-state index in [0.717, 1.165) is 0 Å². The number of alkyl halides is 1. The van der Waals surface area contributed by atoms with E-state index in [1.165, 1.54) is 7.11 Å². The molecule has 0 aliphatic rings. The van der Waals surface area contributed by atoms with E-state index in [2.05, 4.69) is 32.5 Å². The van der Waals surface area contributed by atoms with Crippen LogP contribution in [-0.4, -0.2) is 18.2 Å². The molecule has 0 fully saturated rings. The SMILES string of the molecule is COC(=O)c1cc(CI)on1. The number of rotatable bonds is 2. The summed E-state index contributed by atoms with van der Waals surface area (Å²) >= 11 is 2.12. The Kier molecular flexibility index (Phi) is 2.86. The standard InChI is InChI=1S/C6H6INO3/c1-10-6(9)5-2-4(3-7)11-8-5/h2H,3H2,1H3. The van der Waals surface area contributed by atoms with E-state index in [0.29, 0.717) is 10.2 Å². The second-order valence-electron chi connectivity index (χ2n) is 1.80. The molecule has 0 bridgehead atoms. The number of carbonyl (C=O) groups is 1. The summed E-state index contributed by atoms with van der Waals surface area (Å²) in [4.78, 5) is 10.8. The molecule has 0 amide bonds. The van der Waals surface area contributed by atoms with Gasteiger partial charge in [0.2, 0.25) is 0 Å². The van der Waals surface area contributed by atoms with Gasteiger partial charge >= 0.3 is 5.97 Å². The summed E-state index contributed by atoms with van der Waals surface area (Å²) in [5.74, 6) is 0.204. The Morgan fingerprint density at radius 1 is 1.91 bits per heavy atom. The number of aromatic nitrogens is 1. The zero-order valence-corrected chi connectivity index (χ0v) is 7.99. The Hall–Kier alpha value is -0.590. The topological polar surface area (TPSA) is 52.3 Å². The lowest BCUT2D eigenvalue weighted by Gasteiger charge is -1.88. The molecule has 4 nitrogen and oxygen atoms in total. The third-order valence-corrected chi connectivity index (χ3v) is 1.84. The largest absolute Gasteiger partial charge is 0.464 e. The minimum Gasteiger partial charge on any atom is -0.464 e. The van der Waals surface area contributed by atoms with Gasteiger partial charge in [-0.25, -0.2) is 4.79 Å². The molecule has 1 heterocycles. The highest BCUT2D eigenvalue weighted by molar-refractivity contribution is 14.1. The number of halogens is 1. The normalized spacial score (nSPS) is 9.64. The van der Waals surface area contributed by atoms with E-state index in [9.17, 15) is 4.79 Å². The average Bonchev–Trinajstić information content (AvgIpc) is 2.50. The quantitative estimate of drug-likeness (QED) is 0.461. The van der Waals surface area contributed by atoms with Gasteiger partial charge < -0.3 is 9.26 Å². The molecule has 1 rings (SSSR count). The van der Waals surface area contributed by atoms with Crippen molar-refractivity contribution in [2.75, 3.05) is 7.11 Å². The van der Waals surface area contributed by atoms with Gasteiger partial charge in [0, 0.05) is 6.07 Å². The van der Waals surface area contributed by atoms with Crippen molar-refractivity contribution in [3.05, 3.63) is 17.5 Å². The van der Waals surface area contributed by atoms with Gasteiger partial charge in [0.1, 0.15) is 5.76 Å². The van der Waals surface area contributed by atoms with Gasteiger partial charge in [-0.05, 0) is 0 Å². The zero-order chi connectivity index (χ0) is 8.27. The summed E-state index contributed by atoms with van der Waals surface area (Å²) in [6.07, 6.45) is 0. The minimum atomic E-state index is -0.468. The van der Waals surface area contributed by atoms with Crippen LogP contribution in [0.3, 0.4) is 0 Å². The van der Waals surface area contributed by atoms with Crippen LogP contribution in [0.2, 0.25) is 0 Å². The maximum absolute atomic E-state index is 10.8. The van der Waals surface area contributed by atoms with Crippen molar-refractivity contribution < 1.29 is 14.1 Å². The van der Waals surface area contributed by atoms with Crippen molar-refractivity contribution in [1.82, 2.24) is 5.16 Å². The van der Waals surface area contributed by atoms with Gasteiger partial charge in [0.25, 0.3) is 0 Å². The molecule has 0 unspecified atom stereocenters. The molecule has 0 radical (unpaired) electrons. The van der Waals surface area contributed by atoms with Crippen LogP contribution in [0, 0.1) is 0 Å². The Labute approximate surface area is 77.0 Å². The van der Waals surface area contributed by atoms with Gasteiger partial charge in [-0.15, -0.1) is 0 Å².